The molecule has 3 heterocycles. The Hall–Kier alpha value is -0.750. The topological polar surface area (TPSA) is 49.2 Å². The summed E-state index contributed by atoms with van der Waals surface area (Å²) in [6.07, 6.45) is 2.17. The first-order valence-corrected chi connectivity index (χ1v) is 8.06. The predicted molar refractivity (Wildman–Crippen MR) is 82.4 cm³/mol. The molecule has 0 spiro atoms. The first-order valence-electron chi connectivity index (χ1n) is 6.87. The molecule has 108 valence electrons. The minimum Gasteiger partial charge on any atom is -0.395 e. The molecule has 1 fully saturated rings. The smallest absolute Gasteiger partial charge is 0.145 e. The summed E-state index contributed by atoms with van der Waals surface area (Å²) in [5.41, 5.74) is 1.18. The zero-order chi connectivity index (χ0) is 14.3. The first kappa shape index (κ1) is 14.2. The van der Waals surface area contributed by atoms with E-state index in [4.69, 9.17) is 11.6 Å². The van der Waals surface area contributed by atoms with Crippen LogP contribution < -0.4 is 0 Å². The lowest BCUT2D eigenvalue weighted by molar-refractivity contribution is 0.151. The lowest BCUT2D eigenvalue weighted by Crippen LogP contribution is -2.32. The largest absolute Gasteiger partial charge is 0.395 e. The third kappa shape index (κ3) is 2.44. The number of nitrogens with zero attached hydrogens (tertiary/aromatic N) is 3. The molecular weight excluding hydrogens is 294 g/mol. The summed E-state index contributed by atoms with van der Waals surface area (Å²) in [7, 11) is 0. The molecular formula is C14H18ClN3OS. The summed E-state index contributed by atoms with van der Waals surface area (Å²) in [5.74, 6) is 0.754. The quantitative estimate of drug-likeness (QED) is 0.886. The number of hydrogen-bond donors (Lipinski definition) is 1. The van der Waals surface area contributed by atoms with Gasteiger partial charge in [-0.1, -0.05) is 11.6 Å². The van der Waals surface area contributed by atoms with Crippen LogP contribution in [0.25, 0.3) is 10.2 Å². The van der Waals surface area contributed by atoms with Crippen molar-refractivity contribution in [2.45, 2.75) is 39.3 Å². The molecule has 0 aromatic carbocycles. The van der Waals surface area contributed by atoms with Crippen molar-refractivity contribution in [3.05, 3.63) is 21.4 Å². The van der Waals surface area contributed by atoms with E-state index in [1.54, 1.807) is 11.3 Å². The van der Waals surface area contributed by atoms with Gasteiger partial charge in [-0.3, -0.25) is 4.90 Å². The van der Waals surface area contributed by atoms with Crippen LogP contribution in [0.3, 0.4) is 0 Å². The van der Waals surface area contributed by atoms with Gasteiger partial charge in [-0.15, -0.1) is 11.3 Å². The molecule has 1 N–H and O–H groups in total. The molecule has 1 aliphatic rings. The lowest BCUT2D eigenvalue weighted by Gasteiger charge is -2.21. The molecule has 6 heteroatoms. The van der Waals surface area contributed by atoms with Gasteiger partial charge in [-0.05, 0) is 38.8 Å². The van der Waals surface area contributed by atoms with E-state index in [0.29, 0.717) is 11.7 Å². The van der Waals surface area contributed by atoms with Crippen molar-refractivity contribution >= 4 is 33.2 Å². The number of hydrogen-bond acceptors (Lipinski definition) is 5. The van der Waals surface area contributed by atoms with Crippen LogP contribution in [0.2, 0.25) is 5.15 Å². The van der Waals surface area contributed by atoms with E-state index in [-0.39, 0.29) is 12.6 Å². The lowest BCUT2D eigenvalue weighted by atomic mass is 10.2. The molecule has 0 saturated carbocycles. The van der Waals surface area contributed by atoms with Gasteiger partial charge in [0.2, 0.25) is 0 Å². The Morgan fingerprint density at radius 3 is 2.95 bits per heavy atom. The van der Waals surface area contributed by atoms with Crippen LogP contribution in [-0.2, 0) is 6.54 Å². The molecule has 0 bridgehead atoms. The Kier molecular flexibility index (Phi) is 3.95. The second-order valence-electron chi connectivity index (χ2n) is 5.34. The minimum atomic E-state index is 0.202. The third-order valence-corrected chi connectivity index (χ3v) is 5.46. The van der Waals surface area contributed by atoms with E-state index in [9.17, 15) is 5.11 Å². The van der Waals surface area contributed by atoms with Crippen molar-refractivity contribution in [3.8, 4) is 0 Å². The fourth-order valence-corrected chi connectivity index (χ4v) is 4.24. The van der Waals surface area contributed by atoms with Gasteiger partial charge in [0, 0.05) is 10.9 Å². The Morgan fingerprint density at radius 2 is 2.20 bits per heavy atom. The maximum absolute atomic E-state index is 9.37. The number of halogens is 1. The highest BCUT2D eigenvalue weighted by Crippen LogP contribution is 2.33. The van der Waals surface area contributed by atoms with Crippen molar-refractivity contribution in [2.24, 2.45) is 0 Å². The Bertz CT molecular complexity index is 643. The van der Waals surface area contributed by atoms with Gasteiger partial charge in [0.25, 0.3) is 0 Å². The van der Waals surface area contributed by atoms with Gasteiger partial charge in [-0.2, -0.15) is 0 Å². The molecule has 0 amide bonds. The van der Waals surface area contributed by atoms with Crippen LogP contribution in [0.15, 0.2) is 0 Å². The van der Waals surface area contributed by atoms with Gasteiger partial charge >= 0.3 is 0 Å². The number of rotatable bonds is 3. The monoisotopic (exact) mass is 311 g/mol. The summed E-state index contributed by atoms with van der Waals surface area (Å²) in [6, 6.07) is 0.236. The Balaban J connectivity index is 1.93. The highest BCUT2D eigenvalue weighted by Gasteiger charge is 2.25. The van der Waals surface area contributed by atoms with Crippen molar-refractivity contribution in [3.63, 3.8) is 0 Å². The van der Waals surface area contributed by atoms with Crippen molar-refractivity contribution in [1.29, 1.82) is 0 Å². The third-order valence-electron chi connectivity index (χ3n) is 4.09. The second kappa shape index (κ2) is 5.56. The normalized spacial score (nSPS) is 20.1. The van der Waals surface area contributed by atoms with Crippen LogP contribution in [0.5, 0.6) is 0 Å². The van der Waals surface area contributed by atoms with Gasteiger partial charge in [0.05, 0.1) is 18.5 Å². The minimum absolute atomic E-state index is 0.202. The SMILES string of the molecule is Cc1sc2nc(CN3CCCC3CO)nc(Cl)c2c1C. The molecule has 2 aromatic heterocycles. The van der Waals surface area contributed by atoms with Crippen LogP contribution in [0.1, 0.15) is 29.1 Å². The van der Waals surface area contributed by atoms with Crippen molar-refractivity contribution < 1.29 is 5.11 Å². The maximum atomic E-state index is 9.37. The van der Waals surface area contributed by atoms with E-state index < -0.39 is 0 Å². The number of thiophene rings is 1. The molecule has 1 saturated heterocycles. The summed E-state index contributed by atoms with van der Waals surface area (Å²) >= 11 is 7.99. The van der Waals surface area contributed by atoms with Crippen LogP contribution in [0.4, 0.5) is 0 Å². The molecule has 1 unspecified atom stereocenters. The summed E-state index contributed by atoms with van der Waals surface area (Å²) < 4.78 is 0. The number of aliphatic hydroxyl groups is 1. The Morgan fingerprint density at radius 1 is 1.40 bits per heavy atom. The first-order chi connectivity index (χ1) is 9.60. The number of aromatic nitrogens is 2. The molecule has 4 nitrogen and oxygen atoms in total. The fraction of sp³-hybridized carbons (Fsp3) is 0.571. The molecule has 3 rings (SSSR count). The summed E-state index contributed by atoms with van der Waals surface area (Å²) in [4.78, 5) is 13.5. The highest BCUT2D eigenvalue weighted by atomic mass is 35.5. The van der Waals surface area contributed by atoms with Crippen molar-refractivity contribution in [1.82, 2.24) is 14.9 Å². The second-order valence-corrected chi connectivity index (χ2v) is 6.90. The van der Waals surface area contributed by atoms with E-state index in [1.165, 1.54) is 10.4 Å². The summed E-state index contributed by atoms with van der Waals surface area (Å²) in [5, 5.41) is 10.9. The highest BCUT2D eigenvalue weighted by molar-refractivity contribution is 7.18. The van der Waals surface area contributed by atoms with E-state index in [0.717, 1.165) is 35.4 Å². The maximum Gasteiger partial charge on any atom is 0.145 e. The van der Waals surface area contributed by atoms with Crippen LogP contribution in [-0.4, -0.2) is 39.2 Å². The van der Waals surface area contributed by atoms with Gasteiger partial charge in [0.1, 0.15) is 15.8 Å². The molecule has 0 aliphatic carbocycles. The molecule has 1 atom stereocenters. The molecule has 0 radical (unpaired) electrons. The van der Waals surface area contributed by atoms with E-state index >= 15 is 0 Å². The van der Waals surface area contributed by atoms with Gasteiger partial charge in [-0.25, -0.2) is 9.97 Å². The van der Waals surface area contributed by atoms with Gasteiger partial charge in [0.15, 0.2) is 0 Å². The van der Waals surface area contributed by atoms with E-state index in [2.05, 4.69) is 28.7 Å². The number of fused-ring (bicyclic) bond motifs is 1. The fourth-order valence-electron chi connectivity index (χ4n) is 2.80. The number of aryl methyl sites for hydroxylation is 2. The van der Waals surface area contributed by atoms with E-state index in [1.807, 2.05) is 0 Å². The van der Waals surface area contributed by atoms with Crippen LogP contribution in [0, 0.1) is 13.8 Å². The average molecular weight is 312 g/mol. The molecule has 2 aromatic rings. The zero-order valence-corrected chi connectivity index (χ0v) is 13.3. The molecule has 20 heavy (non-hydrogen) atoms. The number of likely N-dealkylation sites (tertiary alicyclic amines) is 1. The Labute approximate surface area is 127 Å². The van der Waals surface area contributed by atoms with Crippen LogP contribution >= 0.6 is 22.9 Å². The standard InChI is InChI=1S/C14H18ClN3OS/c1-8-9(2)20-14-12(8)13(15)16-11(17-14)6-18-5-3-4-10(18)7-19/h10,19H,3-7H2,1-2H3. The molecule has 1 aliphatic heterocycles. The summed E-state index contributed by atoms with van der Waals surface area (Å²) in [6.45, 7) is 6.00. The van der Waals surface area contributed by atoms with Gasteiger partial charge < -0.3 is 5.11 Å². The zero-order valence-electron chi connectivity index (χ0n) is 11.7. The average Bonchev–Trinajstić information content (AvgIpc) is 2.95. The predicted octanol–water partition coefficient (Wildman–Crippen LogP) is 2.92. The number of aliphatic hydroxyl groups excluding tert-OH is 1. The van der Waals surface area contributed by atoms with Crippen molar-refractivity contribution in [2.75, 3.05) is 13.2 Å².